The monoisotopic (exact) mass is 329 g/mol. The first-order valence-corrected chi connectivity index (χ1v) is 8.19. The fourth-order valence-corrected chi connectivity index (χ4v) is 3.17. The fraction of sp³-hybridized carbons (Fsp3) is 0.562. The van der Waals surface area contributed by atoms with Crippen LogP contribution in [0, 0.1) is 5.92 Å². The summed E-state index contributed by atoms with van der Waals surface area (Å²) in [7, 11) is 0. The Morgan fingerprint density at radius 3 is 2.62 bits per heavy atom. The minimum atomic E-state index is -0.149. The fourth-order valence-electron chi connectivity index (χ4n) is 2.67. The van der Waals surface area contributed by atoms with Gasteiger partial charge >= 0.3 is 0 Å². The van der Waals surface area contributed by atoms with Gasteiger partial charge in [0, 0.05) is 23.0 Å². The van der Waals surface area contributed by atoms with Crippen molar-refractivity contribution in [3.8, 4) is 0 Å². The number of hydrogen-bond donors (Lipinski definition) is 2. The Kier molecular flexibility index (Phi) is 6.34. The maximum absolute atomic E-state index is 11.9. The summed E-state index contributed by atoms with van der Waals surface area (Å²) in [4.78, 5) is 11.9. The van der Waals surface area contributed by atoms with E-state index in [-0.39, 0.29) is 12.0 Å². The Balaban J connectivity index is 1.70. The lowest BCUT2D eigenvalue weighted by molar-refractivity contribution is -0.121. The van der Waals surface area contributed by atoms with Crippen molar-refractivity contribution in [1.29, 1.82) is 0 Å². The number of carbonyl (C=O) groups is 1. The topological polar surface area (TPSA) is 49.3 Å². The van der Waals surface area contributed by atoms with Crippen molar-refractivity contribution in [1.82, 2.24) is 5.32 Å². The molecule has 0 atom stereocenters. The second-order valence-electron chi connectivity index (χ2n) is 5.71. The van der Waals surface area contributed by atoms with Crippen LogP contribution in [-0.4, -0.2) is 23.7 Å². The van der Waals surface area contributed by atoms with Crippen molar-refractivity contribution in [2.45, 2.75) is 44.6 Å². The van der Waals surface area contributed by atoms with Crippen LogP contribution < -0.4 is 5.32 Å². The molecule has 1 amide bonds. The van der Waals surface area contributed by atoms with Gasteiger partial charge in [-0.1, -0.05) is 29.3 Å². The summed E-state index contributed by atoms with van der Waals surface area (Å²) >= 11 is 11.9. The van der Waals surface area contributed by atoms with Crippen LogP contribution in [0.15, 0.2) is 18.2 Å². The van der Waals surface area contributed by atoms with Crippen LogP contribution in [0.2, 0.25) is 10.0 Å². The van der Waals surface area contributed by atoms with Gasteiger partial charge in [0.15, 0.2) is 0 Å². The standard InChI is InChI=1S/C16H21Cl2NO2/c17-13-5-3-12(15(18)9-13)4-8-16(21)19-10-11-1-6-14(20)7-2-11/h3,5,9,11,14,20H,1-2,4,6-8,10H2,(H,19,21). The summed E-state index contributed by atoms with van der Waals surface area (Å²) in [5.74, 6) is 0.545. The van der Waals surface area contributed by atoms with Crippen molar-refractivity contribution in [2.75, 3.05) is 6.54 Å². The third-order valence-electron chi connectivity index (χ3n) is 4.04. The highest BCUT2D eigenvalue weighted by molar-refractivity contribution is 6.35. The zero-order valence-corrected chi connectivity index (χ0v) is 13.5. The minimum Gasteiger partial charge on any atom is -0.393 e. The average Bonchev–Trinajstić information content (AvgIpc) is 2.46. The van der Waals surface area contributed by atoms with Gasteiger partial charge in [0.05, 0.1) is 6.10 Å². The highest BCUT2D eigenvalue weighted by Crippen LogP contribution is 2.24. The molecule has 21 heavy (non-hydrogen) atoms. The van der Waals surface area contributed by atoms with E-state index in [1.807, 2.05) is 6.07 Å². The van der Waals surface area contributed by atoms with E-state index in [0.29, 0.717) is 35.3 Å². The summed E-state index contributed by atoms with van der Waals surface area (Å²) in [6.45, 7) is 0.708. The van der Waals surface area contributed by atoms with Crippen molar-refractivity contribution >= 4 is 29.1 Å². The van der Waals surface area contributed by atoms with E-state index >= 15 is 0 Å². The number of rotatable bonds is 5. The molecule has 1 aromatic carbocycles. The van der Waals surface area contributed by atoms with Crippen LogP contribution in [0.25, 0.3) is 0 Å². The highest BCUT2D eigenvalue weighted by atomic mass is 35.5. The number of aryl methyl sites for hydroxylation is 1. The summed E-state index contributed by atoms with van der Waals surface area (Å²) in [6, 6.07) is 5.35. The predicted octanol–water partition coefficient (Wildman–Crippen LogP) is 3.59. The molecule has 0 radical (unpaired) electrons. The molecule has 2 rings (SSSR count). The number of hydrogen-bond acceptors (Lipinski definition) is 2. The first-order valence-electron chi connectivity index (χ1n) is 7.43. The number of carbonyl (C=O) groups excluding carboxylic acids is 1. The molecular formula is C16H21Cl2NO2. The van der Waals surface area contributed by atoms with E-state index < -0.39 is 0 Å². The van der Waals surface area contributed by atoms with Gasteiger partial charge in [-0.2, -0.15) is 0 Å². The molecule has 0 saturated heterocycles. The van der Waals surface area contributed by atoms with Gasteiger partial charge in [-0.25, -0.2) is 0 Å². The first-order chi connectivity index (χ1) is 10.0. The molecule has 2 N–H and O–H groups in total. The van der Waals surface area contributed by atoms with Crippen LogP contribution in [0.3, 0.4) is 0 Å². The second-order valence-corrected chi connectivity index (χ2v) is 6.56. The summed E-state index contributed by atoms with van der Waals surface area (Å²) < 4.78 is 0. The highest BCUT2D eigenvalue weighted by Gasteiger charge is 2.19. The predicted molar refractivity (Wildman–Crippen MR) is 85.8 cm³/mol. The summed E-state index contributed by atoms with van der Waals surface area (Å²) in [5, 5.41) is 13.6. The van der Waals surface area contributed by atoms with Crippen LogP contribution >= 0.6 is 23.2 Å². The number of nitrogens with one attached hydrogen (secondary N) is 1. The van der Waals surface area contributed by atoms with Crippen molar-refractivity contribution in [2.24, 2.45) is 5.92 Å². The number of aliphatic hydroxyl groups is 1. The zero-order chi connectivity index (χ0) is 15.2. The number of benzene rings is 1. The van der Waals surface area contributed by atoms with E-state index in [2.05, 4.69) is 5.32 Å². The molecule has 0 spiro atoms. The Morgan fingerprint density at radius 2 is 1.95 bits per heavy atom. The van der Waals surface area contributed by atoms with Crippen LogP contribution in [-0.2, 0) is 11.2 Å². The lowest BCUT2D eigenvalue weighted by atomic mass is 9.87. The van der Waals surface area contributed by atoms with Crippen molar-refractivity contribution in [3.63, 3.8) is 0 Å². The molecule has 3 nitrogen and oxygen atoms in total. The molecule has 116 valence electrons. The van der Waals surface area contributed by atoms with Gasteiger partial charge in [-0.15, -0.1) is 0 Å². The quantitative estimate of drug-likeness (QED) is 0.867. The lowest BCUT2D eigenvalue weighted by Gasteiger charge is -2.25. The van der Waals surface area contributed by atoms with Gasteiger partial charge < -0.3 is 10.4 Å². The van der Waals surface area contributed by atoms with E-state index in [1.165, 1.54) is 0 Å². The third kappa shape index (κ3) is 5.50. The molecule has 1 aromatic rings. The van der Waals surface area contributed by atoms with Gasteiger partial charge in [0.2, 0.25) is 5.91 Å². The number of amides is 1. The molecule has 0 aromatic heterocycles. The Hall–Kier alpha value is -0.770. The number of halogens is 2. The molecule has 1 saturated carbocycles. The molecular weight excluding hydrogens is 309 g/mol. The SMILES string of the molecule is O=C(CCc1ccc(Cl)cc1Cl)NCC1CCC(O)CC1. The van der Waals surface area contributed by atoms with Gasteiger partial charge in [-0.05, 0) is 55.7 Å². The van der Waals surface area contributed by atoms with Crippen LogP contribution in [0.4, 0.5) is 0 Å². The van der Waals surface area contributed by atoms with E-state index in [0.717, 1.165) is 31.2 Å². The molecule has 5 heteroatoms. The molecule has 0 unspecified atom stereocenters. The lowest BCUT2D eigenvalue weighted by Crippen LogP contribution is -2.32. The van der Waals surface area contributed by atoms with E-state index in [1.54, 1.807) is 12.1 Å². The van der Waals surface area contributed by atoms with Crippen LogP contribution in [0.5, 0.6) is 0 Å². The molecule has 0 heterocycles. The van der Waals surface area contributed by atoms with Crippen molar-refractivity contribution in [3.05, 3.63) is 33.8 Å². The van der Waals surface area contributed by atoms with Crippen LogP contribution in [0.1, 0.15) is 37.7 Å². The molecule has 1 aliphatic rings. The maximum Gasteiger partial charge on any atom is 0.220 e. The second kappa shape index (κ2) is 8.02. The van der Waals surface area contributed by atoms with Gasteiger partial charge in [0.25, 0.3) is 0 Å². The van der Waals surface area contributed by atoms with Gasteiger partial charge in [-0.3, -0.25) is 4.79 Å². The van der Waals surface area contributed by atoms with Crippen molar-refractivity contribution < 1.29 is 9.90 Å². The Bertz CT molecular complexity index is 485. The average molecular weight is 330 g/mol. The molecule has 1 fully saturated rings. The summed E-state index contributed by atoms with van der Waals surface area (Å²) in [5.41, 5.74) is 0.942. The number of aliphatic hydroxyl groups excluding tert-OH is 1. The minimum absolute atomic E-state index is 0.0483. The largest absolute Gasteiger partial charge is 0.393 e. The summed E-state index contributed by atoms with van der Waals surface area (Å²) in [6.07, 6.45) is 4.57. The van der Waals surface area contributed by atoms with Gasteiger partial charge in [0.1, 0.15) is 0 Å². The third-order valence-corrected chi connectivity index (χ3v) is 4.63. The first kappa shape index (κ1) is 16.6. The smallest absolute Gasteiger partial charge is 0.220 e. The van der Waals surface area contributed by atoms with E-state index in [9.17, 15) is 9.90 Å². The zero-order valence-electron chi connectivity index (χ0n) is 11.9. The van der Waals surface area contributed by atoms with E-state index in [4.69, 9.17) is 23.2 Å². The molecule has 1 aliphatic carbocycles. The normalized spacial score (nSPS) is 22.0. The Labute approximate surface area is 135 Å². The molecule has 0 bridgehead atoms. The Morgan fingerprint density at radius 1 is 1.24 bits per heavy atom. The molecule has 0 aliphatic heterocycles. The maximum atomic E-state index is 11.9.